The van der Waals surface area contributed by atoms with Gasteiger partial charge in [0.05, 0.1) is 11.8 Å². The summed E-state index contributed by atoms with van der Waals surface area (Å²) in [5, 5.41) is 14.8. The van der Waals surface area contributed by atoms with Gasteiger partial charge >= 0.3 is 5.97 Å². The number of aliphatic carboxylic acids is 1. The van der Waals surface area contributed by atoms with E-state index in [9.17, 15) is 14.4 Å². The molecule has 2 unspecified atom stereocenters. The van der Waals surface area contributed by atoms with Gasteiger partial charge in [-0.05, 0) is 37.1 Å². The lowest BCUT2D eigenvalue weighted by atomic mass is 9.73. The summed E-state index contributed by atoms with van der Waals surface area (Å²) in [6.07, 6.45) is 1.14. The number of hydrogen-bond donors (Lipinski definition) is 3. The highest BCUT2D eigenvalue weighted by Crippen LogP contribution is 2.34. The summed E-state index contributed by atoms with van der Waals surface area (Å²) in [6.45, 7) is 0.540. The third kappa shape index (κ3) is 3.98. The van der Waals surface area contributed by atoms with E-state index < -0.39 is 17.8 Å². The Morgan fingerprint density at radius 2 is 1.64 bits per heavy atom. The lowest BCUT2D eigenvalue weighted by Crippen LogP contribution is -2.45. The molecule has 1 aliphatic carbocycles. The fourth-order valence-electron chi connectivity index (χ4n) is 2.31. The minimum atomic E-state index is -0.928. The number of carboxylic acid groups (broad SMARTS) is 1. The summed E-state index contributed by atoms with van der Waals surface area (Å²) in [4.78, 5) is 34.4. The van der Waals surface area contributed by atoms with E-state index in [0.29, 0.717) is 23.4 Å². The number of rotatable bonds is 6. The van der Waals surface area contributed by atoms with Crippen LogP contribution in [0.1, 0.15) is 23.2 Å². The molecule has 6 nitrogen and oxygen atoms in total. The van der Waals surface area contributed by atoms with Crippen molar-refractivity contribution in [3.05, 3.63) is 34.9 Å². The molecular weight excluding hydrogens is 308 g/mol. The van der Waals surface area contributed by atoms with Gasteiger partial charge in [-0.2, -0.15) is 0 Å². The Labute approximate surface area is 132 Å². The Morgan fingerprint density at radius 1 is 1.05 bits per heavy atom. The Morgan fingerprint density at radius 3 is 2.18 bits per heavy atom. The van der Waals surface area contributed by atoms with Crippen molar-refractivity contribution < 1.29 is 19.5 Å². The van der Waals surface area contributed by atoms with Gasteiger partial charge < -0.3 is 15.7 Å². The van der Waals surface area contributed by atoms with Crippen molar-refractivity contribution in [3.8, 4) is 0 Å². The molecule has 1 aromatic rings. The van der Waals surface area contributed by atoms with Crippen LogP contribution in [0.2, 0.25) is 5.02 Å². The quantitative estimate of drug-likeness (QED) is 0.687. The van der Waals surface area contributed by atoms with Crippen LogP contribution in [-0.4, -0.2) is 36.0 Å². The molecular formula is C15H17ClN2O4. The van der Waals surface area contributed by atoms with Crippen LogP contribution in [0.25, 0.3) is 0 Å². The van der Waals surface area contributed by atoms with Gasteiger partial charge in [-0.3, -0.25) is 14.4 Å². The molecule has 2 atom stereocenters. The Kier molecular flexibility index (Phi) is 5.38. The number of nitrogens with one attached hydrogen (secondary N) is 2. The fraction of sp³-hybridized carbons (Fsp3) is 0.400. The molecule has 0 aliphatic heterocycles. The number of hydrogen-bond acceptors (Lipinski definition) is 3. The van der Waals surface area contributed by atoms with E-state index in [1.165, 1.54) is 0 Å². The first-order chi connectivity index (χ1) is 10.5. The zero-order valence-electron chi connectivity index (χ0n) is 11.8. The standard InChI is InChI=1S/C15H17ClN2O4/c16-10-3-1-9(2-4-10)13(19)17-7-8-18-14(20)11-5-6-12(11)15(21)22/h1-4,11-12H,5-8H2,(H,17,19)(H,18,20)(H,21,22). The van der Waals surface area contributed by atoms with Crippen LogP contribution in [0.15, 0.2) is 24.3 Å². The zero-order valence-corrected chi connectivity index (χ0v) is 12.6. The Bertz CT molecular complexity index is 573. The lowest BCUT2D eigenvalue weighted by molar-refractivity contribution is -0.152. The molecule has 1 saturated carbocycles. The van der Waals surface area contributed by atoms with E-state index in [0.717, 1.165) is 0 Å². The molecule has 0 radical (unpaired) electrons. The third-order valence-corrected chi connectivity index (χ3v) is 4.00. The van der Waals surface area contributed by atoms with Gasteiger partial charge in [0.1, 0.15) is 0 Å². The van der Waals surface area contributed by atoms with Gasteiger partial charge in [-0.25, -0.2) is 0 Å². The predicted octanol–water partition coefficient (Wildman–Crippen LogP) is 1.30. The highest BCUT2D eigenvalue weighted by Gasteiger charge is 2.41. The second-order valence-electron chi connectivity index (χ2n) is 5.18. The predicted molar refractivity (Wildman–Crippen MR) is 80.6 cm³/mol. The van der Waals surface area contributed by atoms with E-state index >= 15 is 0 Å². The first kappa shape index (κ1) is 16.3. The van der Waals surface area contributed by atoms with Gasteiger partial charge in [-0.15, -0.1) is 0 Å². The van der Waals surface area contributed by atoms with Crippen LogP contribution in [-0.2, 0) is 9.59 Å². The molecule has 1 fully saturated rings. The summed E-state index contributed by atoms with van der Waals surface area (Å²) < 4.78 is 0. The van der Waals surface area contributed by atoms with Crippen molar-refractivity contribution in [1.29, 1.82) is 0 Å². The average Bonchev–Trinajstić information content (AvgIpc) is 2.42. The van der Waals surface area contributed by atoms with E-state index in [1.54, 1.807) is 24.3 Å². The summed E-state index contributed by atoms with van der Waals surface area (Å²) in [6, 6.07) is 6.48. The SMILES string of the molecule is O=C(NCCNC(=O)C1CCC1C(=O)O)c1ccc(Cl)cc1. The van der Waals surface area contributed by atoms with Gasteiger partial charge in [-0.1, -0.05) is 11.6 Å². The molecule has 2 amide bonds. The van der Waals surface area contributed by atoms with Crippen molar-refractivity contribution in [2.45, 2.75) is 12.8 Å². The highest BCUT2D eigenvalue weighted by molar-refractivity contribution is 6.30. The molecule has 0 bridgehead atoms. The maximum atomic E-state index is 11.8. The van der Waals surface area contributed by atoms with E-state index in [2.05, 4.69) is 10.6 Å². The van der Waals surface area contributed by atoms with Gasteiger partial charge in [0.25, 0.3) is 5.91 Å². The van der Waals surface area contributed by atoms with Crippen LogP contribution in [0.3, 0.4) is 0 Å². The second kappa shape index (κ2) is 7.26. The number of carboxylic acids is 1. The summed E-state index contributed by atoms with van der Waals surface area (Å²) in [5.74, 6) is -2.48. The highest BCUT2D eigenvalue weighted by atomic mass is 35.5. The minimum Gasteiger partial charge on any atom is -0.481 e. The second-order valence-corrected chi connectivity index (χ2v) is 5.62. The number of amides is 2. The molecule has 0 spiro atoms. The van der Waals surface area contributed by atoms with Crippen molar-refractivity contribution in [1.82, 2.24) is 10.6 Å². The smallest absolute Gasteiger partial charge is 0.307 e. The molecule has 1 aromatic carbocycles. The van der Waals surface area contributed by atoms with Gasteiger partial charge in [0.2, 0.25) is 5.91 Å². The number of benzene rings is 1. The third-order valence-electron chi connectivity index (χ3n) is 3.74. The molecule has 0 aromatic heterocycles. The molecule has 0 saturated heterocycles. The molecule has 7 heteroatoms. The fourth-order valence-corrected chi connectivity index (χ4v) is 2.43. The first-order valence-corrected chi connectivity index (χ1v) is 7.41. The molecule has 3 N–H and O–H groups in total. The van der Waals surface area contributed by atoms with E-state index in [4.69, 9.17) is 16.7 Å². The van der Waals surface area contributed by atoms with Crippen molar-refractivity contribution >= 4 is 29.4 Å². The normalized spacial score (nSPS) is 19.9. The van der Waals surface area contributed by atoms with Gasteiger partial charge in [0.15, 0.2) is 0 Å². The van der Waals surface area contributed by atoms with Crippen molar-refractivity contribution in [3.63, 3.8) is 0 Å². The molecule has 118 valence electrons. The summed E-state index contributed by atoms with van der Waals surface area (Å²) >= 11 is 5.74. The van der Waals surface area contributed by atoms with E-state index in [1.807, 2.05) is 0 Å². The maximum absolute atomic E-state index is 11.8. The number of carbonyl (C=O) groups excluding carboxylic acids is 2. The topological polar surface area (TPSA) is 95.5 Å². The van der Waals surface area contributed by atoms with Crippen LogP contribution >= 0.6 is 11.6 Å². The summed E-state index contributed by atoms with van der Waals surface area (Å²) in [5.41, 5.74) is 0.487. The van der Waals surface area contributed by atoms with Crippen molar-refractivity contribution in [2.24, 2.45) is 11.8 Å². The minimum absolute atomic E-state index is 0.252. The van der Waals surface area contributed by atoms with Gasteiger partial charge in [0, 0.05) is 23.7 Å². The summed E-state index contributed by atoms with van der Waals surface area (Å²) in [7, 11) is 0. The molecule has 1 aliphatic rings. The zero-order chi connectivity index (χ0) is 16.1. The van der Waals surface area contributed by atoms with E-state index in [-0.39, 0.29) is 24.9 Å². The van der Waals surface area contributed by atoms with Crippen molar-refractivity contribution in [2.75, 3.05) is 13.1 Å². The van der Waals surface area contributed by atoms with Crippen LogP contribution in [0.5, 0.6) is 0 Å². The molecule has 0 heterocycles. The van der Waals surface area contributed by atoms with Crippen LogP contribution < -0.4 is 10.6 Å². The maximum Gasteiger partial charge on any atom is 0.307 e. The molecule has 22 heavy (non-hydrogen) atoms. The number of carbonyl (C=O) groups is 3. The lowest BCUT2D eigenvalue weighted by Gasteiger charge is -2.31. The van der Waals surface area contributed by atoms with Crippen LogP contribution in [0, 0.1) is 11.8 Å². The Balaban J connectivity index is 1.69. The van der Waals surface area contributed by atoms with Crippen LogP contribution in [0.4, 0.5) is 0 Å². The Hall–Kier alpha value is -2.08. The molecule has 2 rings (SSSR count). The first-order valence-electron chi connectivity index (χ1n) is 7.03. The number of halogens is 1. The monoisotopic (exact) mass is 324 g/mol. The average molecular weight is 325 g/mol. The largest absolute Gasteiger partial charge is 0.481 e.